The van der Waals surface area contributed by atoms with Crippen molar-refractivity contribution in [3.8, 4) is 0 Å². The van der Waals surface area contributed by atoms with Gasteiger partial charge in [-0.2, -0.15) is 0 Å². The van der Waals surface area contributed by atoms with E-state index in [0.29, 0.717) is 5.57 Å². The Bertz CT molecular complexity index is 290. The largest absolute Gasteiger partial charge is 0.412 e. The maximum atomic E-state index is 11.3. The van der Waals surface area contributed by atoms with E-state index >= 15 is 0 Å². The van der Waals surface area contributed by atoms with Gasteiger partial charge in [0, 0.05) is 5.57 Å². The van der Waals surface area contributed by atoms with Gasteiger partial charge in [0.25, 0.3) is 0 Å². The molecule has 3 heteroatoms. The van der Waals surface area contributed by atoms with Crippen LogP contribution in [0.5, 0.6) is 0 Å². The molecule has 1 aliphatic carbocycles. The van der Waals surface area contributed by atoms with Crippen molar-refractivity contribution in [1.29, 1.82) is 0 Å². The van der Waals surface area contributed by atoms with Crippen LogP contribution in [0.2, 0.25) is 0 Å². The van der Waals surface area contributed by atoms with Crippen molar-refractivity contribution in [2.45, 2.75) is 20.8 Å². The Labute approximate surface area is 77.4 Å². The molecule has 0 saturated carbocycles. The van der Waals surface area contributed by atoms with E-state index in [9.17, 15) is 9.59 Å². The van der Waals surface area contributed by atoms with Gasteiger partial charge in [0.2, 0.25) is 0 Å². The molecule has 0 unspecified atom stereocenters. The summed E-state index contributed by atoms with van der Waals surface area (Å²) in [5.41, 5.74) is 0.354. The van der Waals surface area contributed by atoms with E-state index in [4.69, 9.17) is 0 Å². The van der Waals surface area contributed by atoms with Crippen LogP contribution in [-0.2, 0) is 9.59 Å². The number of hydrogen-bond acceptors (Lipinski definition) is 2. The minimum Gasteiger partial charge on any atom is -0.412 e. The lowest BCUT2D eigenvalue weighted by atomic mass is 9.81. The van der Waals surface area contributed by atoms with Crippen LogP contribution in [0.25, 0.3) is 0 Å². The lowest BCUT2D eigenvalue weighted by molar-refractivity contribution is -0.115. The first-order chi connectivity index (χ1) is 5.41. The lowest BCUT2D eigenvalue weighted by Gasteiger charge is -2.21. The van der Waals surface area contributed by atoms with E-state index in [0.717, 1.165) is 0 Å². The third kappa shape index (κ3) is 2.63. The number of hydrogen-bond donors (Lipinski definition) is 0. The molecule has 72 valence electrons. The van der Waals surface area contributed by atoms with Gasteiger partial charge in [-0.15, -0.1) is 0 Å². The van der Waals surface area contributed by atoms with Gasteiger partial charge in [-0.05, 0) is 23.6 Å². The first kappa shape index (κ1) is 11.8. The van der Waals surface area contributed by atoms with E-state index in [-0.39, 0.29) is 22.5 Å². The molecule has 0 saturated heterocycles. The SMILES string of the molecule is CC(C)(C)C1=CC(=O)C=CC1=O.O. The first-order valence-electron chi connectivity index (χ1n) is 3.90. The van der Waals surface area contributed by atoms with Crippen molar-refractivity contribution in [3.63, 3.8) is 0 Å². The van der Waals surface area contributed by atoms with E-state index in [1.807, 2.05) is 20.8 Å². The van der Waals surface area contributed by atoms with E-state index < -0.39 is 0 Å². The zero-order chi connectivity index (χ0) is 9.35. The molecule has 0 bridgehead atoms. The minimum absolute atomic E-state index is 0. The second kappa shape index (κ2) is 3.66. The fourth-order valence-electron chi connectivity index (χ4n) is 1.10. The zero-order valence-corrected chi connectivity index (χ0v) is 8.05. The summed E-state index contributed by atoms with van der Waals surface area (Å²) in [6.07, 6.45) is 4.06. The summed E-state index contributed by atoms with van der Waals surface area (Å²) in [6, 6.07) is 0. The number of carbonyl (C=O) groups is 2. The fraction of sp³-hybridized carbons (Fsp3) is 0.400. The summed E-state index contributed by atoms with van der Waals surface area (Å²) in [7, 11) is 0. The molecule has 13 heavy (non-hydrogen) atoms. The van der Waals surface area contributed by atoms with Crippen molar-refractivity contribution < 1.29 is 15.1 Å². The fourth-order valence-corrected chi connectivity index (χ4v) is 1.10. The molecule has 0 aromatic heterocycles. The molecule has 0 atom stereocenters. The van der Waals surface area contributed by atoms with Gasteiger partial charge < -0.3 is 5.48 Å². The van der Waals surface area contributed by atoms with Crippen molar-refractivity contribution in [3.05, 3.63) is 23.8 Å². The summed E-state index contributed by atoms with van der Waals surface area (Å²) in [4.78, 5) is 22.2. The van der Waals surface area contributed by atoms with Crippen LogP contribution in [0, 0.1) is 5.41 Å². The number of carbonyl (C=O) groups excluding carboxylic acids is 2. The van der Waals surface area contributed by atoms with E-state index in [2.05, 4.69) is 0 Å². The Morgan fingerprint density at radius 1 is 1.08 bits per heavy atom. The highest BCUT2D eigenvalue weighted by molar-refractivity contribution is 6.17. The summed E-state index contributed by atoms with van der Waals surface area (Å²) in [6.45, 7) is 5.76. The molecule has 0 heterocycles. The van der Waals surface area contributed by atoms with Crippen molar-refractivity contribution >= 4 is 11.6 Å². The van der Waals surface area contributed by atoms with Gasteiger partial charge in [0.1, 0.15) is 0 Å². The highest BCUT2D eigenvalue weighted by atomic mass is 16.1. The Morgan fingerprint density at radius 2 is 1.62 bits per heavy atom. The maximum Gasteiger partial charge on any atom is 0.182 e. The Balaban J connectivity index is 0.00000144. The van der Waals surface area contributed by atoms with E-state index in [1.165, 1.54) is 18.2 Å². The molecule has 1 aliphatic rings. The van der Waals surface area contributed by atoms with Crippen molar-refractivity contribution in [1.82, 2.24) is 0 Å². The molecule has 0 fully saturated rings. The Kier molecular flexibility index (Phi) is 3.32. The van der Waals surface area contributed by atoms with Crippen molar-refractivity contribution in [2.24, 2.45) is 5.41 Å². The average Bonchev–Trinajstić information content (AvgIpc) is 1.92. The van der Waals surface area contributed by atoms with Crippen LogP contribution >= 0.6 is 0 Å². The standard InChI is InChI=1S/C10H12O2.H2O/c1-10(2,3)8-6-7(11)4-5-9(8)12;/h4-6H,1-3H3;1H2. The molecule has 2 N–H and O–H groups in total. The van der Waals surface area contributed by atoms with Crippen LogP contribution in [0.15, 0.2) is 23.8 Å². The average molecular weight is 182 g/mol. The summed E-state index contributed by atoms with van der Waals surface area (Å²) in [5.74, 6) is -0.151. The minimum atomic E-state index is -0.239. The number of ketones is 2. The quantitative estimate of drug-likeness (QED) is 0.521. The molecular formula is C10H14O3. The molecule has 0 spiro atoms. The molecule has 3 nitrogen and oxygen atoms in total. The van der Waals surface area contributed by atoms with Crippen LogP contribution in [0.1, 0.15) is 20.8 Å². The third-order valence-corrected chi connectivity index (χ3v) is 1.76. The highest BCUT2D eigenvalue weighted by Crippen LogP contribution is 2.27. The van der Waals surface area contributed by atoms with Gasteiger partial charge in [-0.25, -0.2) is 0 Å². The molecule has 1 rings (SSSR count). The topological polar surface area (TPSA) is 65.6 Å². The first-order valence-corrected chi connectivity index (χ1v) is 3.90. The second-order valence-corrected chi connectivity index (χ2v) is 3.91. The maximum absolute atomic E-state index is 11.3. The van der Waals surface area contributed by atoms with Gasteiger partial charge in [-0.1, -0.05) is 20.8 Å². The predicted octanol–water partition coefficient (Wildman–Crippen LogP) is 0.842. The number of rotatable bonds is 0. The van der Waals surface area contributed by atoms with Crippen LogP contribution < -0.4 is 0 Å². The summed E-state index contributed by atoms with van der Waals surface area (Å²) < 4.78 is 0. The van der Waals surface area contributed by atoms with Crippen molar-refractivity contribution in [2.75, 3.05) is 0 Å². The molecule has 0 aliphatic heterocycles. The predicted molar refractivity (Wildman–Crippen MR) is 50.3 cm³/mol. The lowest BCUT2D eigenvalue weighted by Crippen LogP contribution is -2.20. The van der Waals surface area contributed by atoms with Crippen LogP contribution in [0.4, 0.5) is 0 Å². The molecular weight excluding hydrogens is 168 g/mol. The Morgan fingerprint density at radius 3 is 2.00 bits per heavy atom. The highest BCUT2D eigenvalue weighted by Gasteiger charge is 2.24. The zero-order valence-electron chi connectivity index (χ0n) is 8.05. The van der Waals surface area contributed by atoms with Gasteiger partial charge in [-0.3, -0.25) is 9.59 Å². The third-order valence-electron chi connectivity index (χ3n) is 1.76. The normalized spacial score (nSPS) is 16.7. The van der Waals surface area contributed by atoms with Crippen LogP contribution in [-0.4, -0.2) is 17.0 Å². The molecule has 0 aromatic carbocycles. The second-order valence-electron chi connectivity index (χ2n) is 3.91. The molecule has 0 radical (unpaired) electrons. The van der Waals surface area contributed by atoms with Crippen LogP contribution in [0.3, 0.4) is 0 Å². The smallest absolute Gasteiger partial charge is 0.182 e. The van der Waals surface area contributed by atoms with Gasteiger partial charge >= 0.3 is 0 Å². The molecule has 0 amide bonds. The van der Waals surface area contributed by atoms with E-state index in [1.54, 1.807) is 0 Å². The van der Waals surface area contributed by atoms with Gasteiger partial charge in [0.15, 0.2) is 11.6 Å². The Hall–Kier alpha value is -1.22. The summed E-state index contributed by atoms with van der Waals surface area (Å²) >= 11 is 0. The van der Waals surface area contributed by atoms with Gasteiger partial charge in [0.05, 0.1) is 0 Å². The molecule has 0 aromatic rings. The summed E-state index contributed by atoms with van der Waals surface area (Å²) in [5, 5.41) is 0. The monoisotopic (exact) mass is 182 g/mol. The number of allylic oxidation sites excluding steroid dienone is 4.